The van der Waals surface area contributed by atoms with Gasteiger partial charge >= 0.3 is 0 Å². The number of aliphatic hydroxyl groups is 1. The first-order valence-electron chi connectivity index (χ1n) is 5.28. The maximum Gasteiger partial charge on any atom is 0.0819 e. The molecule has 0 unspecified atom stereocenters. The van der Waals surface area contributed by atoms with E-state index >= 15 is 0 Å². The number of nitrogens with one attached hydrogen (secondary N) is 1. The van der Waals surface area contributed by atoms with Crippen molar-refractivity contribution < 1.29 is 5.11 Å². The van der Waals surface area contributed by atoms with Crippen LogP contribution in [0.4, 0.5) is 0 Å². The molecule has 0 saturated carbocycles. The zero-order valence-electron chi connectivity index (χ0n) is 8.95. The summed E-state index contributed by atoms with van der Waals surface area (Å²) < 4.78 is 0. The number of aliphatic hydroxyl groups excluding tert-OH is 1. The lowest BCUT2D eigenvalue weighted by molar-refractivity contribution is -0.0561. The van der Waals surface area contributed by atoms with E-state index in [1.807, 2.05) is 7.05 Å². The van der Waals surface area contributed by atoms with Crippen molar-refractivity contribution in [2.75, 3.05) is 20.1 Å². The molecule has 0 aromatic rings. The van der Waals surface area contributed by atoms with E-state index in [0.29, 0.717) is 12.1 Å². The SMILES string of the molecule is CCC[C@H](CN1C[C@H](O)[C@@H]1C)NC. The second-order valence-electron chi connectivity index (χ2n) is 4.04. The molecule has 3 atom stereocenters. The molecule has 2 N–H and O–H groups in total. The standard InChI is InChI=1S/C10H22N2O/c1-4-5-9(11-3)6-12-7-10(13)8(12)2/h8-11,13H,4-7H2,1-3H3/t8-,9+,10-/m0/s1. The van der Waals surface area contributed by atoms with Crippen LogP contribution in [0.3, 0.4) is 0 Å². The molecule has 1 aliphatic rings. The Morgan fingerprint density at radius 2 is 2.31 bits per heavy atom. The van der Waals surface area contributed by atoms with E-state index in [4.69, 9.17) is 0 Å². The molecular formula is C10H22N2O. The van der Waals surface area contributed by atoms with Gasteiger partial charge in [-0.05, 0) is 20.4 Å². The number of hydrogen-bond acceptors (Lipinski definition) is 3. The van der Waals surface area contributed by atoms with Crippen LogP contribution < -0.4 is 5.32 Å². The van der Waals surface area contributed by atoms with E-state index in [2.05, 4.69) is 24.1 Å². The highest BCUT2D eigenvalue weighted by atomic mass is 16.3. The van der Waals surface area contributed by atoms with E-state index < -0.39 is 0 Å². The maximum atomic E-state index is 9.34. The van der Waals surface area contributed by atoms with Gasteiger partial charge in [0.25, 0.3) is 0 Å². The van der Waals surface area contributed by atoms with Crippen LogP contribution in [0.1, 0.15) is 26.7 Å². The monoisotopic (exact) mass is 186 g/mol. The molecular weight excluding hydrogens is 164 g/mol. The molecule has 0 radical (unpaired) electrons. The molecule has 3 heteroatoms. The summed E-state index contributed by atoms with van der Waals surface area (Å²) in [7, 11) is 2.02. The Bertz CT molecular complexity index is 150. The average molecular weight is 186 g/mol. The third-order valence-electron chi connectivity index (χ3n) is 3.05. The van der Waals surface area contributed by atoms with Crippen LogP contribution in [0.25, 0.3) is 0 Å². The van der Waals surface area contributed by atoms with E-state index in [0.717, 1.165) is 13.1 Å². The van der Waals surface area contributed by atoms with Gasteiger partial charge in [-0.15, -0.1) is 0 Å². The normalized spacial score (nSPS) is 31.4. The predicted molar refractivity (Wildman–Crippen MR) is 54.8 cm³/mol. The van der Waals surface area contributed by atoms with Gasteiger partial charge in [0.05, 0.1) is 6.10 Å². The summed E-state index contributed by atoms with van der Waals surface area (Å²) in [6.45, 7) is 6.22. The molecule has 1 saturated heterocycles. The van der Waals surface area contributed by atoms with E-state index in [-0.39, 0.29) is 6.10 Å². The van der Waals surface area contributed by atoms with Gasteiger partial charge < -0.3 is 10.4 Å². The van der Waals surface area contributed by atoms with Gasteiger partial charge in [0.15, 0.2) is 0 Å². The molecule has 1 rings (SSSR count). The lowest BCUT2D eigenvalue weighted by Crippen LogP contribution is -2.61. The van der Waals surface area contributed by atoms with Crippen molar-refractivity contribution in [2.24, 2.45) is 0 Å². The zero-order chi connectivity index (χ0) is 9.84. The Labute approximate surface area is 81.1 Å². The van der Waals surface area contributed by atoms with Crippen LogP contribution in [-0.4, -0.2) is 48.3 Å². The van der Waals surface area contributed by atoms with Gasteiger partial charge in [-0.2, -0.15) is 0 Å². The Morgan fingerprint density at radius 1 is 1.62 bits per heavy atom. The van der Waals surface area contributed by atoms with Crippen molar-refractivity contribution in [1.82, 2.24) is 10.2 Å². The fourth-order valence-corrected chi connectivity index (χ4v) is 1.86. The second-order valence-corrected chi connectivity index (χ2v) is 4.04. The summed E-state index contributed by atoms with van der Waals surface area (Å²) in [4.78, 5) is 2.33. The first-order valence-corrected chi connectivity index (χ1v) is 5.28. The average Bonchev–Trinajstić information content (AvgIpc) is 2.15. The number of likely N-dealkylation sites (N-methyl/N-ethyl adjacent to an activating group) is 1. The van der Waals surface area contributed by atoms with Crippen molar-refractivity contribution in [1.29, 1.82) is 0 Å². The number of nitrogens with zero attached hydrogens (tertiary/aromatic N) is 1. The lowest BCUT2D eigenvalue weighted by atomic mass is 9.99. The van der Waals surface area contributed by atoms with Crippen molar-refractivity contribution in [3.05, 3.63) is 0 Å². The molecule has 78 valence electrons. The summed E-state index contributed by atoms with van der Waals surface area (Å²) >= 11 is 0. The maximum absolute atomic E-state index is 9.34. The van der Waals surface area contributed by atoms with Gasteiger partial charge in [0.2, 0.25) is 0 Å². The van der Waals surface area contributed by atoms with Crippen LogP contribution in [0.15, 0.2) is 0 Å². The predicted octanol–water partition coefficient (Wildman–Crippen LogP) is 0.439. The quantitative estimate of drug-likeness (QED) is 0.654. The molecule has 13 heavy (non-hydrogen) atoms. The molecule has 0 spiro atoms. The van der Waals surface area contributed by atoms with Gasteiger partial charge in [0, 0.05) is 25.2 Å². The van der Waals surface area contributed by atoms with Crippen molar-refractivity contribution in [2.45, 2.75) is 44.9 Å². The van der Waals surface area contributed by atoms with Crippen LogP contribution in [0.2, 0.25) is 0 Å². The Hall–Kier alpha value is -0.120. The fraction of sp³-hybridized carbons (Fsp3) is 1.00. The molecule has 1 heterocycles. The van der Waals surface area contributed by atoms with E-state index in [1.54, 1.807) is 0 Å². The summed E-state index contributed by atoms with van der Waals surface area (Å²) in [6, 6.07) is 0.938. The van der Waals surface area contributed by atoms with E-state index in [9.17, 15) is 5.11 Å². The molecule has 3 nitrogen and oxygen atoms in total. The van der Waals surface area contributed by atoms with Crippen LogP contribution in [-0.2, 0) is 0 Å². The lowest BCUT2D eigenvalue weighted by Gasteiger charge is -2.45. The zero-order valence-corrected chi connectivity index (χ0v) is 8.95. The summed E-state index contributed by atoms with van der Waals surface area (Å²) in [6.07, 6.45) is 2.34. The second kappa shape index (κ2) is 4.94. The number of rotatable bonds is 5. The smallest absolute Gasteiger partial charge is 0.0819 e. The van der Waals surface area contributed by atoms with E-state index in [1.165, 1.54) is 12.8 Å². The summed E-state index contributed by atoms with van der Waals surface area (Å²) in [5, 5.41) is 12.7. The van der Waals surface area contributed by atoms with Gasteiger partial charge in [-0.3, -0.25) is 4.90 Å². The molecule has 0 aliphatic carbocycles. The Kier molecular flexibility index (Phi) is 4.16. The summed E-state index contributed by atoms with van der Waals surface area (Å²) in [5.74, 6) is 0. The first-order chi connectivity index (χ1) is 6.19. The number of likely N-dealkylation sites (tertiary alicyclic amines) is 1. The number of β-amino-alcohol motifs (C(OH)–C–C–N with tert-alkyl or cyclic N) is 1. The Morgan fingerprint density at radius 3 is 2.69 bits per heavy atom. The van der Waals surface area contributed by atoms with Crippen molar-refractivity contribution in [3.8, 4) is 0 Å². The number of hydrogen-bond donors (Lipinski definition) is 2. The topological polar surface area (TPSA) is 35.5 Å². The highest BCUT2D eigenvalue weighted by Crippen LogP contribution is 2.18. The summed E-state index contributed by atoms with van der Waals surface area (Å²) in [5.41, 5.74) is 0. The van der Waals surface area contributed by atoms with Crippen molar-refractivity contribution in [3.63, 3.8) is 0 Å². The third-order valence-corrected chi connectivity index (χ3v) is 3.05. The molecule has 0 aromatic carbocycles. The van der Waals surface area contributed by atoms with Crippen molar-refractivity contribution >= 4 is 0 Å². The highest BCUT2D eigenvalue weighted by Gasteiger charge is 2.34. The molecule has 0 bridgehead atoms. The molecule has 1 aliphatic heterocycles. The van der Waals surface area contributed by atoms with Gasteiger partial charge in [-0.25, -0.2) is 0 Å². The molecule has 1 fully saturated rings. The Balaban J connectivity index is 2.23. The fourth-order valence-electron chi connectivity index (χ4n) is 1.86. The van der Waals surface area contributed by atoms with Gasteiger partial charge in [-0.1, -0.05) is 13.3 Å². The van der Waals surface area contributed by atoms with Gasteiger partial charge in [0.1, 0.15) is 0 Å². The van der Waals surface area contributed by atoms with Crippen LogP contribution in [0, 0.1) is 0 Å². The third kappa shape index (κ3) is 2.66. The highest BCUT2D eigenvalue weighted by molar-refractivity contribution is 4.90. The molecule has 0 aromatic heterocycles. The minimum Gasteiger partial charge on any atom is -0.390 e. The minimum atomic E-state index is -0.0980. The van der Waals surface area contributed by atoms with Crippen LogP contribution >= 0.6 is 0 Å². The first kappa shape index (κ1) is 11.0. The molecule has 0 amide bonds. The minimum absolute atomic E-state index is 0.0980. The van der Waals surface area contributed by atoms with Crippen LogP contribution in [0.5, 0.6) is 0 Å². The largest absolute Gasteiger partial charge is 0.390 e.